The summed E-state index contributed by atoms with van der Waals surface area (Å²) in [6, 6.07) is 0. The van der Waals surface area contributed by atoms with Gasteiger partial charge in [-0.05, 0) is 0 Å². The fraction of sp³-hybridized carbons (Fsp3) is 0. The average molecular weight is 172 g/mol. The van der Waals surface area contributed by atoms with Crippen LogP contribution in [0.25, 0.3) is 0 Å². The Balaban J connectivity index is 0. The number of rotatable bonds is 0. The van der Waals surface area contributed by atoms with Crippen LogP contribution in [0.4, 0.5) is 0 Å². The van der Waals surface area contributed by atoms with Crippen LogP contribution in [-0.2, 0) is 27.3 Å². The molecule has 0 aromatic rings. The Kier molecular flexibility index (Phi) is 20.4. The molecular formula is CHCdNS. The van der Waals surface area contributed by atoms with Crippen molar-refractivity contribution < 1.29 is 27.3 Å². The Labute approximate surface area is 50.6 Å². The Morgan fingerprint density at radius 1 is 1.75 bits per heavy atom. The second-order valence-electron chi connectivity index (χ2n) is 0.100. The minimum Gasteiger partial charge on any atom is -0.185 e. The van der Waals surface area contributed by atoms with Crippen molar-refractivity contribution in [3.05, 3.63) is 0 Å². The molecule has 4 heavy (non-hydrogen) atoms. The van der Waals surface area contributed by atoms with Crippen molar-refractivity contribution in [2.24, 2.45) is 0 Å². The number of hydrogen-bond donors (Lipinski definition) is 1. The molecule has 0 fully saturated rings. The van der Waals surface area contributed by atoms with Crippen molar-refractivity contribution in [2.75, 3.05) is 0 Å². The summed E-state index contributed by atoms with van der Waals surface area (Å²) in [6.45, 7) is 0. The normalized spacial score (nSPS) is 2.00. The molecule has 0 amide bonds. The van der Waals surface area contributed by atoms with Crippen LogP contribution < -0.4 is 0 Å². The minimum absolute atomic E-state index is 0. The topological polar surface area (TPSA) is 23.8 Å². The van der Waals surface area contributed by atoms with E-state index in [9.17, 15) is 0 Å². The zero-order valence-electron chi connectivity index (χ0n) is 2.10. The number of hydrogen-bond acceptors (Lipinski definition) is 2. The molecule has 0 spiro atoms. The van der Waals surface area contributed by atoms with E-state index in [1.165, 1.54) is 5.40 Å². The molecule has 0 saturated carbocycles. The number of nitrogens with zero attached hydrogens (tertiary/aromatic N) is 1. The van der Waals surface area contributed by atoms with Crippen LogP contribution in [0.2, 0.25) is 0 Å². The van der Waals surface area contributed by atoms with E-state index < -0.39 is 0 Å². The predicted molar refractivity (Wildman–Crippen MR) is 14.6 cm³/mol. The molecule has 18 valence electrons. The molecule has 0 heterocycles. The van der Waals surface area contributed by atoms with Crippen LogP contribution in [0.1, 0.15) is 0 Å². The first-order chi connectivity index (χ1) is 1.41. The molecule has 0 saturated heterocycles. The third kappa shape index (κ3) is 14.8. The van der Waals surface area contributed by atoms with E-state index >= 15 is 0 Å². The van der Waals surface area contributed by atoms with Gasteiger partial charge in [-0.25, -0.2) is 0 Å². The van der Waals surface area contributed by atoms with Crippen molar-refractivity contribution in [2.45, 2.75) is 0 Å². The van der Waals surface area contributed by atoms with Gasteiger partial charge in [-0.3, -0.25) is 0 Å². The summed E-state index contributed by atoms with van der Waals surface area (Å²) < 4.78 is 0. The van der Waals surface area contributed by atoms with Gasteiger partial charge in [-0.1, -0.05) is 12.6 Å². The first-order valence-corrected chi connectivity index (χ1v) is 0.894. The van der Waals surface area contributed by atoms with Gasteiger partial charge < -0.3 is 0 Å². The Morgan fingerprint density at radius 2 is 1.75 bits per heavy atom. The molecule has 0 rings (SSSR count). The van der Waals surface area contributed by atoms with Gasteiger partial charge in [0.1, 0.15) is 5.40 Å². The molecule has 0 aliphatic heterocycles. The number of thiol groups is 1. The van der Waals surface area contributed by atoms with Crippen molar-refractivity contribution in [1.29, 1.82) is 5.26 Å². The zero-order chi connectivity index (χ0) is 2.71. The van der Waals surface area contributed by atoms with Gasteiger partial charge in [-0.2, -0.15) is 5.26 Å². The fourth-order valence-electron chi connectivity index (χ4n) is 0. The summed E-state index contributed by atoms with van der Waals surface area (Å²) in [5, 5.41) is 8.63. The van der Waals surface area contributed by atoms with Gasteiger partial charge in [0.05, 0.1) is 0 Å². The summed E-state index contributed by atoms with van der Waals surface area (Å²) in [6.07, 6.45) is 0. The predicted octanol–water partition coefficient (Wildman–Crippen LogP) is 0.395. The fourth-order valence-corrected chi connectivity index (χ4v) is 0. The van der Waals surface area contributed by atoms with Gasteiger partial charge >= 0.3 is 0 Å². The molecule has 0 atom stereocenters. The Morgan fingerprint density at radius 3 is 1.75 bits per heavy atom. The van der Waals surface area contributed by atoms with Crippen LogP contribution >= 0.6 is 12.6 Å². The van der Waals surface area contributed by atoms with Crippen molar-refractivity contribution in [1.82, 2.24) is 0 Å². The van der Waals surface area contributed by atoms with E-state index in [2.05, 4.69) is 12.6 Å². The third-order valence-corrected chi connectivity index (χ3v) is 0. The van der Waals surface area contributed by atoms with Crippen LogP contribution in [0.3, 0.4) is 0 Å². The Hall–Kier alpha value is 0.762. The molecular weight excluding hydrogens is 170 g/mol. The van der Waals surface area contributed by atoms with Crippen LogP contribution in [0.5, 0.6) is 0 Å². The monoisotopic (exact) mass is 173 g/mol. The first-order valence-electron chi connectivity index (χ1n) is 0.447. The maximum absolute atomic E-state index is 7.18. The molecule has 0 aromatic heterocycles. The SMILES string of the molecule is N#CS.[Cd]. The van der Waals surface area contributed by atoms with E-state index in [0.29, 0.717) is 0 Å². The third-order valence-electron chi connectivity index (χ3n) is 0. The first kappa shape index (κ1) is 8.83. The molecule has 0 bridgehead atoms. The van der Waals surface area contributed by atoms with E-state index in [-0.39, 0.29) is 27.3 Å². The second kappa shape index (κ2) is 9.24. The van der Waals surface area contributed by atoms with Crippen LogP contribution in [0, 0.1) is 10.7 Å². The smallest absolute Gasteiger partial charge is 0.130 e. The molecule has 0 N–H and O–H groups in total. The molecule has 1 nitrogen and oxygen atoms in total. The number of nitriles is 1. The molecule has 0 unspecified atom stereocenters. The maximum Gasteiger partial charge on any atom is 0.130 e. The van der Waals surface area contributed by atoms with Gasteiger partial charge in [0, 0.05) is 27.3 Å². The van der Waals surface area contributed by atoms with Gasteiger partial charge in [-0.15, -0.1) is 0 Å². The van der Waals surface area contributed by atoms with E-state index in [1.807, 2.05) is 0 Å². The van der Waals surface area contributed by atoms with Crippen molar-refractivity contribution in [3.8, 4) is 5.40 Å². The van der Waals surface area contributed by atoms with Gasteiger partial charge in [0.15, 0.2) is 0 Å². The largest absolute Gasteiger partial charge is 0.185 e. The molecule has 0 aromatic carbocycles. The van der Waals surface area contributed by atoms with Gasteiger partial charge in [0.25, 0.3) is 0 Å². The summed E-state index contributed by atoms with van der Waals surface area (Å²) >= 11 is 3.09. The Bertz CT molecular complexity index is 29.5. The van der Waals surface area contributed by atoms with Gasteiger partial charge in [0.2, 0.25) is 0 Å². The summed E-state index contributed by atoms with van der Waals surface area (Å²) in [7, 11) is 0. The summed E-state index contributed by atoms with van der Waals surface area (Å²) in [4.78, 5) is 0. The molecule has 0 aliphatic carbocycles. The summed E-state index contributed by atoms with van der Waals surface area (Å²) in [5.74, 6) is 0. The average Bonchev–Trinajstić information content (AvgIpc) is 0.918. The quantitative estimate of drug-likeness (QED) is 0.318. The van der Waals surface area contributed by atoms with E-state index in [1.54, 1.807) is 0 Å². The zero-order valence-corrected chi connectivity index (χ0v) is 7.03. The maximum atomic E-state index is 7.18. The summed E-state index contributed by atoms with van der Waals surface area (Å²) in [5.41, 5.74) is 0. The minimum atomic E-state index is 0. The molecule has 0 radical (unpaired) electrons. The standard InChI is InChI=1S/CHNS.Cd/c2-1-3;/h3H;. The van der Waals surface area contributed by atoms with E-state index in [4.69, 9.17) is 5.26 Å². The molecule has 0 aliphatic rings. The molecule has 3 heteroatoms. The number of thiocyanates is 1. The van der Waals surface area contributed by atoms with E-state index in [0.717, 1.165) is 0 Å². The van der Waals surface area contributed by atoms with Crippen molar-refractivity contribution in [3.63, 3.8) is 0 Å². The van der Waals surface area contributed by atoms with Crippen LogP contribution in [0.15, 0.2) is 0 Å². The van der Waals surface area contributed by atoms with Crippen molar-refractivity contribution >= 4 is 12.6 Å². The van der Waals surface area contributed by atoms with Crippen LogP contribution in [-0.4, -0.2) is 0 Å². The second-order valence-corrected chi connectivity index (χ2v) is 0.300.